The van der Waals surface area contributed by atoms with E-state index < -0.39 is 23.3 Å². The Balaban J connectivity index is 2.49. The molecule has 0 saturated heterocycles. The average molecular weight is 285 g/mol. The molecule has 0 N–H and O–H groups in total. The Kier molecular flexibility index (Phi) is 4.13. The molecule has 0 amide bonds. The first-order chi connectivity index (χ1) is 9.93. The van der Waals surface area contributed by atoms with E-state index in [2.05, 4.69) is 0 Å². The van der Waals surface area contributed by atoms with Crippen molar-refractivity contribution < 1.29 is 13.6 Å². The van der Waals surface area contributed by atoms with Gasteiger partial charge in [-0.1, -0.05) is 18.2 Å². The summed E-state index contributed by atoms with van der Waals surface area (Å²) in [4.78, 5) is 12.5. The molecule has 0 spiro atoms. The summed E-state index contributed by atoms with van der Waals surface area (Å²) in [5.74, 6) is -3.29. The average Bonchev–Trinajstić information content (AvgIpc) is 2.41. The van der Waals surface area contributed by atoms with Gasteiger partial charge in [-0.3, -0.25) is 4.79 Å². The van der Waals surface area contributed by atoms with Gasteiger partial charge in [-0.05, 0) is 42.7 Å². The first kappa shape index (κ1) is 14.9. The molecule has 2 aromatic carbocycles. The largest absolute Gasteiger partial charge is 0.292 e. The highest BCUT2D eigenvalue weighted by Gasteiger charge is 2.24. The Morgan fingerprint density at radius 3 is 2.33 bits per heavy atom. The van der Waals surface area contributed by atoms with Crippen molar-refractivity contribution in [2.24, 2.45) is 0 Å². The second-order valence-corrected chi connectivity index (χ2v) is 4.88. The molecule has 106 valence electrons. The lowest BCUT2D eigenvalue weighted by molar-refractivity contribution is 0.0978. The van der Waals surface area contributed by atoms with Gasteiger partial charge in [-0.25, -0.2) is 8.78 Å². The van der Waals surface area contributed by atoms with Gasteiger partial charge in [0.05, 0.1) is 6.07 Å². The van der Waals surface area contributed by atoms with Gasteiger partial charge < -0.3 is 0 Å². The van der Waals surface area contributed by atoms with Crippen LogP contribution in [0.25, 0.3) is 0 Å². The number of Topliss-reactive ketones (excluding diaryl/α,β-unsaturated/α-hetero) is 1. The summed E-state index contributed by atoms with van der Waals surface area (Å²) in [6.45, 7) is 3.64. The molecule has 2 nitrogen and oxygen atoms in total. The van der Waals surface area contributed by atoms with Crippen molar-refractivity contribution in [3.8, 4) is 6.07 Å². The number of aryl methyl sites for hydroxylation is 1. The molecule has 0 saturated carbocycles. The molecule has 2 aromatic rings. The Morgan fingerprint density at radius 1 is 1.14 bits per heavy atom. The maximum atomic E-state index is 13.3. The second kappa shape index (κ2) is 5.84. The third-order valence-corrected chi connectivity index (χ3v) is 3.48. The predicted octanol–water partition coefficient (Wildman–Crippen LogP) is 4.07. The molecule has 4 heteroatoms. The van der Waals surface area contributed by atoms with Crippen molar-refractivity contribution in [2.75, 3.05) is 0 Å². The number of ketones is 1. The normalized spacial score (nSPS) is 11.8. The first-order valence-corrected chi connectivity index (χ1v) is 6.40. The molecule has 0 aromatic heterocycles. The van der Waals surface area contributed by atoms with Crippen LogP contribution in [0.15, 0.2) is 36.4 Å². The van der Waals surface area contributed by atoms with E-state index in [0.717, 1.165) is 23.3 Å². The summed E-state index contributed by atoms with van der Waals surface area (Å²) >= 11 is 0. The molecule has 0 aliphatic heterocycles. The molecule has 0 aliphatic carbocycles. The molecule has 1 unspecified atom stereocenters. The van der Waals surface area contributed by atoms with Crippen LogP contribution < -0.4 is 0 Å². The lowest BCUT2D eigenvalue weighted by Crippen LogP contribution is -2.13. The zero-order valence-corrected chi connectivity index (χ0v) is 11.7. The van der Waals surface area contributed by atoms with Crippen molar-refractivity contribution >= 4 is 5.78 Å². The minimum Gasteiger partial charge on any atom is -0.292 e. The van der Waals surface area contributed by atoms with Gasteiger partial charge in [0, 0.05) is 11.6 Å². The molecular weight excluding hydrogens is 272 g/mol. The van der Waals surface area contributed by atoms with Gasteiger partial charge in [0.25, 0.3) is 0 Å². The van der Waals surface area contributed by atoms with Crippen LogP contribution in [0.3, 0.4) is 0 Å². The molecule has 21 heavy (non-hydrogen) atoms. The van der Waals surface area contributed by atoms with Crippen molar-refractivity contribution in [3.05, 3.63) is 70.3 Å². The SMILES string of the molecule is Cc1cccc(C(=O)C(C#N)c2cc(F)cc(F)c2)c1C. The quantitative estimate of drug-likeness (QED) is 0.797. The number of benzene rings is 2. The van der Waals surface area contributed by atoms with Gasteiger partial charge in [0.2, 0.25) is 0 Å². The minimum atomic E-state index is -1.23. The number of carbonyl (C=O) groups is 1. The number of rotatable bonds is 3. The number of hydrogen-bond acceptors (Lipinski definition) is 2. The Bertz CT molecular complexity index is 727. The van der Waals surface area contributed by atoms with Crippen LogP contribution in [-0.4, -0.2) is 5.78 Å². The zero-order chi connectivity index (χ0) is 15.6. The van der Waals surface area contributed by atoms with E-state index >= 15 is 0 Å². The maximum absolute atomic E-state index is 13.3. The van der Waals surface area contributed by atoms with Crippen LogP contribution in [0.2, 0.25) is 0 Å². The summed E-state index contributed by atoms with van der Waals surface area (Å²) in [5.41, 5.74) is 2.11. The Morgan fingerprint density at radius 2 is 1.76 bits per heavy atom. The molecule has 1 atom stereocenters. The van der Waals surface area contributed by atoms with Crippen molar-refractivity contribution in [2.45, 2.75) is 19.8 Å². The highest BCUT2D eigenvalue weighted by Crippen LogP contribution is 2.25. The molecule has 0 radical (unpaired) electrons. The van der Waals surface area contributed by atoms with E-state index in [1.165, 1.54) is 0 Å². The van der Waals surface area contributed by atoms with E-state index in [1.807, 2.05) is 19.1 Å². The van der Waals surface area contributed by atoms with E-state index in [4.69, 9.17) is 0 Å². The van der Waals surface area contributed by atoms with Crippen LogP contribution in [-0.2, 0) is 0 Å². The first-order valence-electron chi connectivity index (χ1n) is 6.40. The zero-order valence-electron chi connectivity index (χ0n) is 11.7. The van der Waals surface area contributed by atoms with E-state index in [9.17, 15) is 18.8 Å². The number of carbonyl (C=O) groups excluding carboxylic acids is 1. The standard InChI is InChI=1S/C17H13F2NO/c1-10-4-3-5-15(11(10)2)17(21)16(9-20)12-6-13(18)8-14(19)7-12/h3-8,16H,1-2H3. The van der Waals surface area contributed by atoms with Crippen LogP contribution >= 0.6 is 0 Å². The van der Waals surface area contributed by atoms with E-state index in [0.29, 0.717) is 11.6 Å². The van der Waals surface area contributed by atoms with E-state index in [-0.39, 0.29) is 5.56 Å². The Labute approximate surface area is 121 Å². The third kappa shape index (κ3) is 2.97. The van der Waals surface area contributed by atoms with Gasteiger partial charge in [0.1, 0.15) is 17.6 Å². The second-order valence-electron chi connectivity index (χ2n) is 4.88. The number of nitrogens with zero attached hydrogens (tertiary/aromatic N) is 1. The topological polar surface area (TPSA) is 40.9 Å². The van der Waals surface area contributed by atoms with Crippen LogP contribution in [0, 0.1) is 36.8 Å². The third-order valence-electron chi connectivity index (χ3n) is 3.48. The number of halogens is 2. The summed E-state index contributed by atoms with van der Waals surface area (Å²) in [6, 6.07) is 9.76. The fourth-order valence-electron chi connectivity index (χ4n) is 2.20. The van der Waals surface area contributed by atoms with Crippen molar-refractivity contribution in [1.82, 2.24) is 0 Å². The summed E-state index contributed by atoms with van der Waals surface area (Å²) in [5, 5.41) is 9.24. The maximum Gasteiger partial charge on any atom is 0.184 e. The minimum absolute atomic E-state index is 0.0286. The lowest BCUT2D eigenvalue weighted by atomic mass is 9.88. The van der Waals surface area contributed by atoms with Gasteiger partial charge in [-0.2, -0.15) is 5.26 Å². The van der Waals surface area contributed by atoms with Gasteiger partial charge in [-0.15, -0.1) is 0 Å². The molecule has 0 bridgehead atoms. The summed E-state index contributed by atoms with van der Waals surface area (Å²) in [7, 11) is 0. The highest BCUT2D eigenvalue weighted by molar-refractivity contribution is 6.04. The smallest absolute Gasteiger partial charge is 0.184 e. The van der Waals surface area contributed by atoms with Crippen LogP contribution in [0.4, 0.5) is 8.78 Å². The van der Waals surface area contributed by atoms with Crippen molar-refractivity contribution in [3.63, 3.8) is 0 Å². The number of nitriles is 1. The molecule has 0 fully saturated rings. The monoisotopic (exact) mass is 285 g/mol. The molecule has 0 aliphatic rings. The molecule has 2 rings (SSSR count). The van der Waals surface area contributed by atoms with Crippen LogP contribution in [0.1, 0.15) is 33.0 Å². The highest BCUT2D eigenvalue weighted by atomic mass is 19.1. The van der Waals surface area contributed by atoms with Crippen LogP contribution in [0.5, 0.6) is 0 Å². The Hall–Kier alpha value is -2.54. The lowest BCUT2D eigenvalue weighted by Gasteiger charge is -2.12. The molecule has 0 heterocycles. The number of hydrogen-bond donors (Lipinski definition) is 0. The fourth-order valence-corrected chi connectivity index (χ4v) is 2.20. The van der Waals surface area contributed by atoms with E-state index in [1.54, 1.807) is 19.1 Å². The summed E-state index contributed by atoms with van der Waals surface area (Å²) < 4.78 is 26.5. The summed E-state index contributed by atoms with van der Waals surface area (Å²) in [6.07, 6.45) is 0. The van der Waals surface area contributed by atoms with Crippen molar-refractivity contribution in [1.29, 1.82) is 5.26 Å². The fraction of sp³-hybridized carbons (Fsp3) is 0.176. The van der Waals surface area contributed by atoms with Gasteiger partial charge in [0.15, 0.2) is 5.78 Å². The molecular formula is C17H13F2NO. The van der Waals surface area contributed by atoms with Gasteiger partial charge >= 0.3 is 0 Å². The predicted molar refractivity (Wildman–Crippen MR) is 75.0 cm³/mol.